The van der Waals surface area contributed by atoms with Crippen LogP contribution in [0.15, 0.2) is 71.8 Å². The number of benzene rings is 2. The third kappa shape index (κ3) is 8.21. The van der Waals surface area contributed by atoms with Crippen LogP contribution in [0.4, 0.5) is 0 Å². The van der Waals surface area contributed by atoms with E-state index in [1.54, 1.807) is 39.9 Å². The number of para-hydroxylation sites is 1. The number of hydrogen-bond acceptors (Lipinski definition) is 7. The molecule has 0 N–H and O–H groups in total. The van der Waals surface area contributed by atoms with Crippen molar-refractivity contribution in [3.63, 3.8) is 0 Å². The zero-order valence-electron chi connectivity index (χ0n) is 28.3. The summed E-state index contributed by atoms with van der Waals surface area (Å²) in [7, 11) is -3.77. The number of unbranched alkanes of at least 4 members (excludes halogenated alkanes) is 1. The molecule has 0 radical (unpaired) electrons. The van der Waals surface area contributed by atoms with Crippen LogP contribution in [0.25, 0.3) is 0 Å². The summed E-state index contributed by atoms with van der Waals surface area (Å²) < 4.78 is 37.3. The Labute approximate surface area is 284 Å². The van der Waals surface area contributed by atoms with Gasteiger partial charge in [0, 0.05) is 46.8 Å². The molecule has 3 heterocycles. The molecule has 47 heavy (non-hydrogen) atoms. The lowest BCUT2D eigenvalue weighted by molar-refractivity contribution is -0.128. The maximum atomic E-state index is 13.9. The minimum atomic E-state index is -3.77. The Morgan fingerprint density at radius 3 is 2.53 bits per heavy atom. The molecule has 2 atom stereocenters. The van der Waals surface area contributed by atoms with E-state index >= 15 is 0 Å². The van der Waals surface area contributed by atoms with Gasteiger partial charge in [-0.1, -0.05) is 68.4 Å². The molecule has 0 amide bonds. The number of fused-ring (bicyclic) bond motifs is 1. The number of ether oxygens (including phenoxy) is 1. The molecule has 10 heteroatoms. The van der Waals surface area contributed by atoms with Gasteiger partial charge in [0.15, 0.2) is 0 Å². The quantitative estimate of drug-likeness (QED) is 0.120. The molecule has 5 rings (SSSR count). The van der Waals surface area contributed by atoms with Crippen LogP contribution in [-0.2, 0) is 40.7 Å². The molecular weight excluding hydrogens is 629 g/mol. The van der Waals surface area contributed by atoms with Crippen molar-refractivity contribution in [2.24, 2.45) is 5.41 Å². The van der Waals surface area contributed by atoms with E-state index in [-0.39, 0.29) is 35.8 Å². The molecular formula is C37H48N4O4S2. The van der Waals surface area contributed by atoms with Gasteiger partial charge in [0.2, 0.25) is 10.0 Å². The van der Waals surface area contributed by atoms with Gasteiger partial charge >= 0.3 is 0 Å². The fourth-order valence-electron chi connectivity index (χ4n) is 6.40. The fourth-order valence-corrected chi connectivity index (χ4v) is 9.34. The molecule has 0 saturated heterocycles. The van der Waals surface area contributed by atoms with Crippen LogP contribution in [-0.4, -0.2) is 46.1 Å². The van der Waals surface area contributed by atoms with Crippen LogP contribution in [0.5, 0.6) is 5.75 Å². The first-order chi connectivity index (χ1) is 22.5. The van der Waals surface area contributed by atoms with Crippen molar-refractivity contribution >= 4 is 27.1 Å². The normalized spacial score (nSPS) is 17.1. The maximum absolute atomic E-state index is 13.9. The third-order valence-electron chi connectivity index (χ3n) is 9.50. The number of carbonyl (C=O) groups excluding carboxylic acids is 1. The summed E-state index contributed by atoms with van der Waals surface area (Å²) in [5, 5.41) is 8.59. The number of Topliss-reactive ketones (excluding diaryl/α,β-unsaturated/α-hetero) is 1. The van der Waals surface area contributed by atoms with Crippen LogP contribution >= 0.6 is 11.3 Å². The summed E-state index contributed by atoms with van der Waals surface area (Å²) in [6.45, 7) is 11.5. The number of rotatable bonds is 15. The van der Waals surface area contributed by atoms with Crippen molar-refractivity contribution < 1.29 is 17.9 Å². The highest BCUT2D eigenvalue weighted by molar-refractivity contribution is 7.89. The van der Waals surface area contributed by atoms with Crippen molar-refractivity contribution in [2.45, 2.75) is 110 Å². The van der Waals surface area contributed by atoms with E-state index < -0.39 is 15.4 Å². The molecule has 1 aliphatic rings. The summed E-state index contributed by atoms with van der Waals surface area (Å²) in [6, 6.07) is 19.5. The molecule has 0 saturated carbocycles. The molecule has 0 spiro atoms. The summed E-state index contributed by atoms with van der Waals surface area (Å²) in [4.78, 5) is 16.3. The first kappa shape index (κ1) is 35.0. The van der Waals surface area contributed by atoms with Crippen LogP contribution in [0, 0.1) is 12.3 Å². The smallest absolute Gasteiger partial charge is 0.247 e. The zero-order valence-corrected chi connectivity index (χ0v) is 29.9. The highest BCUT2D eigenvalue weighted by Gasteiger charge is 2.39. The van der Waals surface area contributed by atoms with E-state index in [1.807, 2.05) is 30.8 Å². The standard InChI is InChI=1S/C37H48N4O4S2/c1-6-31-26-41(47(43,44)35-19-13-12-18-33(35)45-31)24-29-23-34(46-27(29)3)32(22-21-30-25-40(7-2)39-38-30)37(4,5)36(42)20-14-11-17-28-15-9-8-10-16-28/h8-10,12-13,15-16,18-19,23,25,31-32H,6-7,11,14,17,20-22,24,26H2,1-5H3/t31-,32+/m1/s1. The van der Waals surface area contributed by atoms with Crippen molar-refractivity contribution in [1.82, 2.24) is 19.3 Å². The minimum Gasteiger partial charge on any atom is -0.488 e. The first-order valence-electron chi connectivity index (χ1n) is 16.8. The maximum Gasteiger partial charge on any atom is 0.247 e. The molecule has 8 nitrogen and oxygen atoms in total. The summed E-state index contributed by atoms with van der Waals surface area (Å²) >= 11 is 1.68. The number of hydrogen-bond donors (Lipinski definition) is 0. The van der Waals surface area contributed by atoms with Crippen LogP contribution in [0.3, 0.4) is 0 Å². The van der Waals surface area contributed by atoms with Gasteiger partial charge in [-0.25, -0.2) is 8.42 Å². The lowest BCUT2D eigenvalue weighted by Crippen LogP contribution is -2.36. The third-order valence-corrected chi connectivity index (χ3v) is 12.6. The van der Waals surface area contributed by atoms with E-state index in [0.29, 0.717) is 25.0 Å². The van der Waals surface area contributed by atoms with Crippen LogP contribution in [0.2, 0.25) is 0 Å². The number of aryl methyl sites for hydroxylation is 4. The molecule has 2 aromatic heterocycles. The summed E-state index contributed by atoms with van der Waals surface area (Å²) in [5.41, 5.74) is 2.56. The lowest BCUT2D eigenvalue weighted by Gasteiger charge is -2.33. The number of carbonyl (C=O) groups is 1. The summed E-state index contributed by atoms with van der Waals surface area (Å²) in [6.07, 6.45) is 7.19. The van der Waals surface area contributed by atoms with Gasteiger partial charge in [-0.05, 0) is 81.7 Å². The second-order valence-corrected chi connectivity index (χ2v) is 16.3. The topological polar surface area (TPSA) is 94.4 Å². The Morgan fingerprint density at radius 1 is 1.06 bits per heavy atom. The average molecular weight is 677 g/mol. The fraction of sp³-hybridized carbons (Fsp3) is 0.486. The Kier molecular flexibility index (Phi) is 11.4. The van der Waals surface area contributed by atoms with Gasteiger partial charge in [-0.2, -0.15) is 4.31 Å². The van der Waals surface area contributed by atoms with Gasteiger partial charge < -0.3 is 4.74 Å². The monoisotopic (exact) mass is 676 g/mol. The van der Waals surface area contributed by atoms with E-state index in [2.05, 4.69) is 61.4 Å². The van der Waals surface area contributed by atoms with E-state index in [0.717, 1.165) is 53.2 Å². The van der Waals surface area contributed by atoms with Crippen molar-refractivity contribution in [2.75, 3.05) is 6.54 Å². The second-order valence-electron chi connectivity index (χ2n) is 13.1. The minimum absolute atomic E-state index is 0.0541. The lowest BCUT2D eigenvalue weighted by atomic mass is 9.71. The molecule has 0 unspecified atom stereocenters. The predicted molar refractivity (Wildman–Crippen MR) is 187 cm³/mol. The first-order valence-corrected chi connectivity index (χ1v) is 19.1. The Morgan fingerprint density at radius 2 is 1.81 bits per heavy atom. The molecule has 2 aromatic carbocycles. The molecule has 252 valence electrons. The molecule has 0 bridgehead atoms. The number of ketones is 1. The van der Waals surface area contributed by atoms with E-state index in [9.17, 15) is 13.2 Å². The Bertz CT molecular complexity index is 1750. The molecule has 1 aliphatic heterocycles. The SMILES string of the molecule is CC[C@@H]1CN(Cc2cc([C@H](CCc3cn(CC)nn3)C(C)(C)C(=O)CCCCc3ccccc3)sc2C)S(=O)(=O)c2ccccc2O1. The van der Waals surface area contributed by atoms with Gasteiger partial charge in [0.1, 0.15) is 22.5 Å². The van der Waals surface area contributed by atoms with E-state index in [1.165, 1.54) is 5.56 Å². The van der Waals surface area contributed by atoms with Gasteiger partial charge in [0.25, 0.3) is 0 Å². The van der Waals surface area contributed by atoms with Crippen molar-refractivity contribution in [3.8, 4) is 5.75 Å². The van der Waals surface area contributed by atoms with Gasteiger partial charge in [0.05, 0.1) is 12.2 Å². The number of nitrogens with zero attached hydrogens (tertiary/aromatic N) is 4. The predicted octanol–water partition coefficient (Wildman–Crippen LogP) is 7.75. The zero-order chi connectivity index (χ0) is 33.6. The van der Waals surface area contributed by atoms with Crippen LogP contribution in [0.1, 0.15) is 92.3 Å². The Hall–Kier alpha value is -3.34. The molecule has 0 fully saturated rings. The van der Waals surface area contributed by atoms with E-state index in [4.69, 9.17) is 4.74 Å². The second kappa shape index (κ2) is 15.3. The number of thiophene rings is 1. The highest BCUT2D eigenvalue weighted by atomic mass is 32.2. The highest BCUT2D eigenvalue weighted by Crippen LogP contribution is 2.45. The molecule has 0 aliphatic carbocycles. The van der Waals surface area contributed by atoms with Crippen molar-refractivity contribution in [1.29, 1.82) is 0 Å². The van der Waals surface area contributed by atoms with Gasteiger partial charge in [-0.3, -0.25) is 9.48 Å². The van der Waals surface area contributed by atoms with Crippen molar-refractivity contribution in [3.05, 3.63) is 93.4 Å². The average Bonchev–Trinajstić information content (AvgIpc) is 3.65. The number of aromatic nitrogens is 3. The number of sulfonamides is 1. The summed E-state index contributed by atoms with van der Waals surface area (Å²) in [5.74, 6) is 0.616. The Balaban J connectivity index is 1.38. The molecule has 4 aromatic rings. The largest absolute Gasteiger partial charge is 0.488 e. The van der Waals surface area contributed by atoms with Gasteiger partial charge in [-0.15, -0.1) is 16.4 Å². The van der Waals surface area contributed by atoms with Crippen LogP contribution < -0.4 is 4.74 Å².